The SMILES string of the molecule is CCCCCCCCCCCCCCCCC(SSC(CCCCCCCCCCCCCCCC)C(=O)O)C(=O)O. The van der Waals surface area contributed by atoms with Crippen LogP contribution in [0.2, 0.25) is 0 Å². The molecule has 0 aromatic rings. The van der Waals surface area contributed by atoms with Gasteiger partial charge in [-0.3, -0.25) is 9.59 Å². The van der Waals surface area contributed by atoms with Crippen LogP contribution in [0.5, 0.6) is 0 Å². The molecular formula is C36H70O4S2. The first-order valence-electron chi connectivity index (χ1n) is 18.3. The Morgan fingerprint density at radius 1 is 0.381 bits per heavy atom. The molecule has 2 unspecified atom stereocenters. The van der Waals surface area contributed by atoms with Gasteiger partial charge in [0.25, 0.3) is 0 Å². The van der Waals surface area contributed by atoms with Gasteiger partial charge in [-0.05, 0) is 12.8 Å². The molecule has 0 saturated carbocycles. The molecule has 0 saturated heterocycles. The third-order valence-corrected chi connectivity index (χ3v) is 11.7. The molecule has 0 rings (SSSR count). The zero-order chi connectivity index (χ0) is 30.9. The fourth-order valence-corrected chi connectivity index (χ4v) is 8.44. The molecule has 0 aliphatic rings. The lowest BCUT2D eigenvalue weighted by Crippen LogP contribution is -2.19. The van der Waals surface area contributed by atoms with Gasteiger partial charge in [-0.2, -0.15) is 0 Å². The Hall–Kier alpha value is -0.360. The number of aliphatic carboxylic acids is 2. The van der Waals surface area contributed by atoms with E-state index < -0.39 is 22.4 Å². The Kier molecular flexibility index (Phi) is 33.2. The van der Waals surface area contributed by atoms with Gasteiger partial charge in [0.15, 0.2) is 0 Å². The molecule has 42 heavy (non-hydrogen) atoms. The van der Waals surface area contributed by atoms with Crippen LogP contribution in [0.15, 0.2) is 0 Å². The lowest BCUT2D eigenvalue weighted by Gasteiger charge is -2.15. The predicted molar refractivity (Wildman–Crippen MR) is 188 cm³/mol. The van der Waals surface area contributed by atoms with Crippen molar-refractivity contribution in [2.75, 3.05) is 0 Å². The maximum atomic E-state index is 11.8. The molecule has 6 heteroatoms. The average molecular weight is 631 g/mol. The van der Waals surface area contributed by atoms with Gasteiger partial charge < -0.3 is 10.2 Å². The quantitative estimate of drug-likeness (QED) is 0.0536. The Labute approximate surface area is 269 Å². The average Bonchev–Trinajstić information content (AvgIpc) is 2.97. The molecule has 0 radical (unpaired) electrons. The monoisotopic (exact) mass is 630 g/mol. The van der Waals surface area contributed by atoms with Gasteiger partial charge in [-0.1, -0.05) is 215 Å². The van der Waals surface area contributed by atoms with E-state index in [4.69, 9.17) is 0 Å². The molecule has 0 aromatic heterocycles. The summed E-state index contributed by atoms with van der Waals surface area (Å²) < 4.78 is 0. The van der Waals surface area contributed by atoms with Gasteiger partial charge in [-0.25, -0.2) is 0 Å². The van der Waals surface area contributed by atoms with Crippen LogP contribution < -0.4 is 0 Å². The second-order valence-electron chi connectivity index (χ2n) is 12.6. The molecule has 2 N–H and O–H groups in total. The highest BCUT2D eigenvalue weighted by molar-refractivity contribution is 8.77. The summed E-state index contributed by atoms with van der Waals surface area (Å²) in [6.07, 6.45) is 37.4. The van der Waals surface area contributed by atoms with Gasteiger partial charge in [0.1, 0.15) is 10.5 Å². The fraction of sp³-hybridized carbons (Fsp3) is 0.944. The van der Waals surface area contributed by atoms with Crippen LogP contribution in [-0.2, 0) is 9.59 Å². The molecule has 0 aliphatic carbocycles. The minimum Gasteiger partial charge on any atom is -0.480 e. The Balaban J connectivity index is 3.76. The molecule has 4 nitrogen and oxygen atoms in total. The number of hydrogen-bond acceptors (Lipinski definition) is 4. The highest BCUT2D eigenvalue weighted by Crippen LogP contribution is 2.36. The molecule has 250 valence electrons. The molecule has 2 atom stereocenters. The van der Waals surface area contributed by atoms with Crippen molar-refractivity contribution in [3.8, 4) is 0 Å². The van der Waals surface area contributed by atoms with E-state index in [0.29, 0.717) is 12.8 Å². The highest BCUT2D eigenvalue weighted by atomic mass is 33.1. The van der Waals surface area contributed by atoms with Crippen molar-refractivity contribution < 1.29 is 19.8 Å². The van der Waals surface area contributed by atoms with E-state index in [1.165, 1.54) is 176 Å². The summed E-state index contributed by atoms with van der Waals surface area (Å²) in [5.41, 5.74) is 0. The topological polar surface area (TPSA) is 74.6 Å². The van der Waals surface area contributed by atoms with Gasteiger partial charge in [0, 0.05) is 0 Å². The van der Waals surface area contributed by atoms with Crippen LogP contribution in [0.4, 0.5) is 0 Å². The predicted octanol–water partition coefficient (Wildman–Crippen LogP) is 13.0. The first-order chi connectivity index (χ1) is 20.5. The van der Waals surface area contributed by atoms with Crippen LogP contribution in [0, 0.1) is 0 Å². The summed E-state index contributed by atoms with van der Waals surface area (Å²) in [6.45, 7) is 4.53. The maximum Gasteiger partial charge on any atom is 0.317 e. The third-order valence-electron chi connectivity index (χ3n) is 8.48. The summed E-state index contributed by atoms with van der Waals surface area (Å²) in [6, 6.07) is 0. The van der Waals surface area contributed by atoms with E-state index >= 15 is 0 Å². The number of carboxylic acids is 2. The molecule has 0 amide bonds. The molecular weight excluding hydrogens is 561 g/mol. The minimum atomic E-state index is -0.803. The highest BCUT2D eigenvalue weighted by Gasteiger charge is 2.24. The third kappa shape index (κ3) is 29.7. The van der Waals surface area contributed by atoms with Crippen molar-refractivity contribution in [2.24, 2.45) is 0 Å². The summed E-state index contributed by atoms with van der Waals surface area (Å²) >= 11 is 0. The second kappa shape index (κ2) is 33.5. The van der Waals surface area contributed by atoms with Crippen LogP contribution in [0.3, 0.4) is 0 Å². The van der Waals surface area contributed by atoms with E-state index in [2.05, 4.69) is 13.8 Å². The van der Waals surface area contributed by atoms with Gasteiger partial charge >= 0.3 is 11.9 Å². The van der Waals surface area contributed by atoms with E-state index in [1.807, 2.05) is 0 Å². The van der Waals surface area contributed by atoms with Crippen LogP contribution in [0.25, 0.3) is 0 Å². The maximum absolute atomic E-state index is 11.8. The van der Waals surface area contributed by atoms with Gasteiger partial charge in [-0.15, -0.1) is 0 Å². The number of carbonyl (C=O) groups is 2. The number of rotatable bonds is 35. The second-order valence-corrected chi connectivity index (χ2v) is 15.3. The summed E-state index contributed by atoms with van der Waals surface area (Å²) in [4.78, 5) is 23.5. The van der Waals surface area contributed by atoms with E-state index in [9.17, 15) is 19.8 Å². The minimum absolute atomic E-state index is 0.509. The molecule has 0 spiro atoms. The van der Waals surface area contributed by atoms with Crippen molar-refractivity contribution >= 4 is 33.5 Å². The van der Waals surface area contributed by atoms with Crippen LogP contribution in [0.1, 0.15) is 206 Å². The smallest absolute Gasteiger partial charge is 0.317 e. The summed E-state index contributed by atoms with van der Waals surface area (Å²) in [5.74, 6) is -1.61. The molecule has 0 aromatic carbocycles. The van der Waals surface area contributed by atoms with Gasteiger partial charge in [0.05, 0.1) is 0 Å². The standard InChI is InChI=1S/C36H70O4S2/c1-3-5-7-9-11-13-15-17-19-21-23-25-27-29-31-33(35(37)38)41-42-34(36(39)40)32-30-28-26-24-22-20-18-16-14-12-10-8-6-4-2/h33-34H,3-32H2,1-2H3,(H,37,38)(H,39,40). The van der Waals surface area contributed by atoms with Crippen molar-refractivity contribution in [1.82, 2.24) is 0 Å². The summed E-state index contributed by atoms with van der Waals surface area (Å²) in [7, 11) is 2.55. The van der Waals surface area contributed by atoms with Crippen LogP contribution in [-0.4, -0.2) is 32.7 Å². The van der Waals surface area contributed by atoms with Crippen molar-refractivity contribution in [3.05, 3.63) is 0 Å². The molecule has 0 aliphatic heterocycles. The van der Waals surface area contributed by atoms with E-state index in [0.717, 1.165) is 25.7 Å². The van der Waals surface area contributed by atoms with E-state index in [1.54, 1.807) is 0 Å². The van der Waals surface area contributed by atoms with Crippen LogP contribution >= 0.6 is 21.6 Å². The molecule has 0 fully saturated rings. The van der Waals surface area contributed by atoms with E-state index in [-0.39, 0.29) is 0 Å². The Morgan fingerprint density at radius 2 is 0.571 bits per heavy atom. The number of carboxylic acid groups (broad SMARTS) is 2. The first kappa shape index (κ1) is 41.6. The summed E-state index contributed by atoms with van der Waals surface area (Å²) in [5, 5.41) is 18.3. The largest absolute Gasteiger partial charge is 0.480 e. The lowest BCUT2D eigenvalue weighted by atomic mass is 10.0. The molecule has 0 heterocycles. The number of hydrogen-bond donors (Lipinski definition) is 2. The van der Waals surface area contributed by atoms with Crippen molar-refractivity contribution in [3.63, 3.8) is 0 Å². The zero-order valence-electron chi connectivity index (χ0n) is 27.9. The van der Waals surface area contributed by atoms with Gasteiger partial charge in [0.2, 0.25) is 0 Å². The van der Waals surface area contributed by atoms with Crippen molar-refractivity contribution in [2.45, 2.75) is 217 Å². The fourth-order valence-electron chi connectivity index (χ4n) is 5.61. The Morgan fingerprint density at radius 3 is 0.762 bits per heavy atom. The Bertz CT molecular complexity index is 537. The lowest BCUT2D eigenvalue weighted by molar-refractivity contribution is -0.137. The zero-order valence-corrected chi connectivity index (χ0v) is 29.5. The molecule has 0 bridgehead atoms. The number of unbranched alkanes of at least 4 members (excludes halogenated alkanes) is 26. The van der Waals surface area contributed by atoms with Crippen molar-refractivity contribution in [1.29, 1.82) is 0 Å². The first-order valence-corrected chi connectivity index (χ1v) is 20.6. The normalized spacial score (nSPS) is 12.9.